The number of carbonyl (C=O) groups is 2. The highest BCUT2D eigenvalue weighted by atomic mass is 35.5. The van der Waals surface area contributed by atoms with Gasteiger partial charge in [-0.15, -0.1) is 12.4 Å². The molecule has 27 heavy (non-hydrogen) atoms. The maximum atomic E-state index is 13.3. The number of para-hydroxylation sites is 1. The molecule has 3 aliphatic rings. The fourth-order valence-corrected chi connectivity index (χ4v) is 4.24. The lowest BCUT2D eigenvalue weighted by Crippen LogP contribution is -2.49. The molecule has 4 rings (SSSR count). The Kier molecular flexibility index (Phi) is 5.72. The summed E-state index contributed by atoms with van der Waals surface area (Å²) in [4.78, 5) is 28.8. The van der Waals surface area contributed by atoms with Crippen molar-refractivity contribution in [2.24, 2.45) is 5.92 Å². The Balaban J connectivity index is 0.00000210. The molecule has 0 spiro atoms. The van der Waals surface area contributed by atoms with Crippen molar-refractivity contribution in [3.05, 3.63) is 29.8 Å². The molecule has 1 aromatic carbocycles. The van der Waals surface area contributed by atoms with Crippen LogP contribution in [0, 0.1) is 5.92 Å². The number of alkyl halides is 2. The minimum absolute atomic E-state index is 0. The molecule has 0 aromatic heterocycles. The maximum absolute atomic E-state index is 13.3. The highest BCUT2D eigenvalue weighted by Gasteiger charge is 2.44. The first-order valence-electron chi connectivity index (χ1n) is 9.24. The topological polar surface area (TPSA) is 52.7 Å². The van der Waals surface area contributed by atoms with Gasteiger partial charge >= 0.3 is 0 Å². The Hall–Kier alpha value is -1.73. The van der Waals surface area contributed by atoms with Gasteiger partial charge in [0.25, 0.3) is 5.92 Å². The first kappa shape index (κ1) is 20.0. The standard InChI is InChI=1S/C19H23F2N3O2.ClH/c20-19(21)11-15(22-12-19)18(26)23-8-5-14(6-9-23)17(25)24-10-7-13-3-1-2-4-16(13)24;/h1-4,14-15,22H,5-12H2;1H. The lowest BCUT2D eigenvalue weighted by molar-refractivity contribution is -0.137. The van der Waals surface area contributed by atoms with Gasteiger partial charge in [0.1, 0.15) is 0 Å². The number of rotatable bonds is 2. The Morgan fingerprint density at radius 3 is 2.44 bits per heavy atom. The molecule has 1 unspecified atom stereocenters. The number of likely N-dealkylation sites (tertiary alicyclic amines) is 1. The van der Waals surface area contributed by atoms with Gasteiger partial charge in [-0.25, -0.2) is 8.78 Å². The zero-order valence-corrected chi connectivity index (χ0v) is 15.8. The Labute approximate surface area is 163 Å². The van der Waals surface area contributed by atoms with Crippen LogP contribution >= 0.6 is 12.4 Å². The number of fused-ring (bicyclic) bond motifs is 1. The van der Waals surface area contributed by atoms with Gasteiger partial charge in [-0.05, 0) is 30.9 Å². The van der Waals surface area contributed by atoms with Crippen LogP contribution in [0.3, 0.4) is 0 Å². The van der Waals surface area contributed by atoms with E-state index in [-0.39, 0.29) is 30.1 Å². The van der Waals surface area contributed by atoms with Gasteiger partial charge in [0.15, 0.2) is 0 Å². The summed E-state index contributed by atoms with van der Waals surface area (Å²) in [5.74, 6) is -3.06. The maximum Gasteiger partial charge on any atom is 0.262 e. The third-order valence-corrected chi connectivity index (χ3v) is 5.72. The minimum Gasteiger partial charge on any atom is -0.341 e. The molecular formula is C19H24ClF2N3O2. The highest BCUT2D eigenvalue weighted by molar-refractivity contribution is 5.97. The number of nitrogens with zero attached hydrogens (tertiary/aromatic N) is 2. The third kappa shape index (κ3) is 3.94. The summed E-state index contributed by atoms with van der Waals surface area (Å²) in [6, 6.07) is 7.15. The molecule has 8 heteroatoms. The first-order valence-corrected chi connectivity index (χ1v) is 9.24. The van der Waals surface area contributed by atoms with Crippen LogP contribution in [0.1, 0.15) is 24.8 Å². The average Bonchev–Trinajstić information content (AvgIpc) is 3.24. The van der Waals surface area contributed by atoms with E-state index < -0.39 is 24.9 Å². The van der Waals surface area contributed by atoms with Gasteiger partial charge in [0.05, 0.1) is 12.6 Å². The van der Waals surface area contributed by atoms with E-state index in [4.69, 9.17) is 0 Å². The van der Waals surface area contributed by atoms with Crippen molar-refractivity contribution in [1.82, 2.24) is 10.2 Å². The average molecular weight is 400 g/mol. The molecular weight excluding hydrogens is 376 g/mol. The van der Waals surface area contributed by atoms with Gasteiger partial charge < -0.3 is 9.80 Å². The van der Waals surface area contributed by atoms with E-state index in [2.05, 4.69) is 5.32 Å². The quantitative estimate of drug-likeness (QED) is 0.829. The minimum atomic E-state index is -2.81. The molecule has 0 radical (unpaired) electrons. The number of benzene rings is 1. The lowest BCUT2D eigenvalue weighted by atomic mass is 9.94. The summed E-state index contributed by atoms with van der Waals surface area (Å²) in [7, 11) is 0. The number of nitrogens with one attached hydrogen (secondary N) is 1. The Morgan fingerprint density at radius 2 is 1.78 bits per heavy atom. The summed E-state index contributed by atoms with van der Waals surface area (Å²) < 4.78 is 26.6. The van der Waals surface area contributed by atoms with Crippen molar-refractivity contribution in [3.8, 4) is 0 Å². The molecule has 1 N–H and O–H groups in total. The van der Waals surface area contributed by atoms with Crippen LogP contribution < -0.4 is 10.2 Å². The zero-order chi connectivity index (χ0) is 18.3. The zero-order valence-electron chi connectivity index (χ0n) is 15.0. The molecule has 3 aliphatic heterocycles. The molecule has 1 aromatic rings. The van der Waals surface area contributed by atoms with Gasteiger partial charge in [0, 0.05) is 37.7 Å². The summed E-state index contributed by atoms with van der Waals surface area (Å²) >= 11 is 0. The van der Waals surface area contributed by atoms with Crippen LogP contribution in [0.4, 0.5) is 14.5 Å². The van der Waals surface area contributed by atoms with Crippen LogP contribution in [0.15, 0.2) is 24.3 Å². The molecule has 5 nitrogen and oxygen atoms in total. The molecule has 3 heterocycles. The number of halogens is 3. The van der Waals surface area contributed by atoms with Crippen molar-refractivity contribution in [2.45, 2.75) is 37.6 Å². The number of carbonyl (C=O) groups excluding carboxylic acids is 2. The fraction of sp³-hybridized carbons (Fsp3) is 0.579. The SMILES string of the molecule is Cl.O=C(C1CC(F)(F)CN1)N1CCC(C(=O)N2CCc3ccccc32)CC1. The molecule has 0 saturated carbocycles. The predicted molar refractivity (Wildman–Crippen MR) is 100 cm³/mol. The Bertz CT molecular complexity index is 723. The monoisotopic (exact) mass is 399 g/mol. The number of piperidine rings is 1. The second-order valence-corrected chi connectivity index (χ2v) is 7.46. The van der Waals surface area contributed by atoms with Gasteiger partial charge in [-0.2, -0.15) is 0 Å². The number of anilines is 1. The van der Waals surface area contributed by atoms with Crippen molar-refractivity contribution in [1.29, 1.82) is 0 Å². The van der Waals surface area contributed by atoms with Crippen LogP contribution in [-0.2, 0) is 16.0 Å². The summed E-state index contributed by atoms with van der Waals surface area (Å²) in [5.41, 5.74) is 2.19. The van der Waals surface area contributed by atoms with E-state index in [0.717, 1.165) is 12.1 Å². The molecule has 2 saturated heterocycles. The molecule has 1 atom stereocenters. The van der Waals surface area contributed by atoms with Crippen LogP contribution in [-0.4, -0.2) is 54.9 Å². The second kappa shape index (κ2) is 7.72. The third-order valence-electron chi connectivity index (χ3n) is 5.72. The van der Waals surface area contributed by atoms with E-state index in [1.54, 1.807) is 4.90 Å². The van der Waals surface area contributed by atoms with E-state index in [1.165, 1.54) is 5.56 Å². The van der Waals surface area contributed by atoms with Crippen molar-refractivity contribution in [2.75, 3.05) is 31.1 Å². The van der Waals surface area contributed by atoms with Gasteiger partial charge in [-0.3, -0.25) is 14.9 Å². The lowest BCUT2D eigenvalue weighted by Gasteiger charge is -2.34. The predicted octanol–water partition coefficient (Wildman–Crippen LogP) is 2.23. The van der Waals surface area contributed by atoms with Crippen LogP contribution in [0.5, 0.6) is 0 Å². The highest BCUT2D eigenvalue weighted by Crippen LogP contribution is 2.32. The van der Waals surface area contributed by atoms with E-state index in [9.17, 15) is 18.4 Å². The molecule has 148 valence electrons. The number of hydrogen-bond acceptors (Lipinski definition) is 3. The molecule has 2 fully saturated rings. The number of hydrogen-bond donors (Lipinski definition) is 1. The largest absolute Gasteiger partial charge is 0.341 e. The van der Waals surface area contributed by atoms with Crippen LogP contribution in [0.25, 0.3) is 0 Å². The van der Waals surface area contributed by atoms with E-state index >= 15 is 0 Å². The second-order valence-electron chi connectivity index (χ2n) is 7.46. The van der Waals surface area contributed by atoms with Crippen LogP contribution in [0.2, 0.25) is 0 Å². The van der Waals surface area contributed by atoms with Crippen molar-refractivity contribution in [3.63, 3.8) is 0 Å². The molecule has 2 amide bonds. The summed E-state index contributed by atoms with van der Waals surface area (Å²) in [6.07, 6.45) is 1.62. The molecule has 0 aliphatic carbocycles. The van der Waals surface area contributed by atoms with Crippen molar-refractivity contribution < 1.29 is 18.4 Å². The summed E-state index contributed by atoms with van der Waals surface area (Å²) in [6.45, 7) is 1.17. The summed E-state index contributed by atoms with van der Waals surface area (Å²) in [5, 5.41) is 2.62. The van der Waals surface area contributed by atoms with Crippen molar-refractivity contribution >= 4 is 29.9 Å². The van der Waals surface area contributed by atoms with E-state index in [1.807, 2.05) is 29.2 Å². The molecule has 0 bridgehead atoms. The smallest absolute Gasteiger partial charge is 0.262 e. The fourth-order valence-electron chi connectivity index (χ4n) is 4.24. The van der Waals surface area contributed by atoms with Gasteiger partial charge in [0.2, 0.25) is 11.8 Å². The van der Waals surface area contributed by atoms with E-state index in [0.29, 0.717) is 32.5 Å². The van der Waals surface area contributed by atoms with Gasteiger partial charge in [-0.1, -0.05) is 18.2 Å². The first-order chi connectivity index (χ1) is 12.4. The number of amides is 2. The Morgan fingerprint density at radius 1 is 1.07 bits per heavy atom. The normalized spacial score (nSPS) is 24.4.